The zero-order chi connectivity index (χ0) is 18.8. The maximum atomic E-state index is 9.09. The number of nitrogens with zero attached hydrogens (tertiary/aromatic N) is 3. The summed E-state index contributed by atoms with van der Waals surface area (Å²) in [5.41, 5.74) is 6.76. The molecule has 27 heavy (non-hydrogen) atoms. The molecule has 4 rings (SSSR count). The Labute approximate surface area is 166 Å². The minimum atomic E-state index is 0.687. The van der Waals surface area contributed by atoms with Crippen LogP contribution in [0.4, 0.5) is 0 Å². The van der Waals surface area contributed by atoms with Gasteiger partial charge in [-0.25, -0.2) is 9.97 Å². The molecule has 0 aliphatic carbocycles. The number of hydrogen-bond acceptors (Lipinski definition) is 5. The Morgan fingerprint density at radius 3 is 2.78 bits per heavy atom. The lowest BCUT2D eigenvalue weighted by Crippen LogP contribution is -1.89. The van der Waals surface area contributed by atoms with Crippen molar-refractivity contribution in [2.24, 2.45) is 0 Å². The van der Waals surface area contributed by atoms with Crippen LogP contribution in [0.3, 0.4) is 0 Å². The van der Waals surface area contributed by atoms with Crippen molar-refractivity contribution < 1.29 is 0 Å². The Balaban J connectivity index is 1.73. The lowest BCUT2D eigenvalue weighted by atomic mass is 9.99. The molecule has 0 radical (unpaired) electrons. The minimum Gasteiger partial charge on any atom is -0.229 e. The molecule has 5 heteroatoms. The topological polar surface area (TPSA) is 49.6 Å². The van der Waals surface area contributed by atoms with Gasteiger partial charge >= 0.3 is 0 Å². The number of nitriles is 1. The van der Waals surface area contributed by atoms with Crippen LogP contribution in [0, 0.1) is 25.2 Å². The SMILES string of the molecule is Cc1ccc(-c2csc3ncnc(SCc4cccc(C#N)c4)c23)c(C)c1. The van der Waals surface area contributed by atoms with Crippen LogP contribution in [0.5, 0.6) is 0 Å². The number of thiophene rings is 1. The first-order valence-corrected chi connectivity index (χ1v) is 10.4. The summed E-state index contributed by atoms with van der Waals surface area (Å²) >= 11 is 3.35. The van der Waals surface area contributed by atoms with Crippen molar-refractivity contribution in [3.8, 4) is 17.2 Å². The molecule has 0 unspecified atom stereocenters. The van der Waals surface area contributed by atoms with Crippen molar-refractivity contribution in [1.29, 1.82) is 5.26 Å². The van der Waals surface area contributed by atoms with Gasteiger partial charge in [-0.1, -0.05) is 35.9 Å². The first-order valence-electron chi connectivity index (χ1n) is 8.57. The molecule has 132 valence electrons. The molecule has 4 aromatic rings. The van der Waals surface area contributed by atoms with E-state index in [0.29, 0.717) is 5.56 Å². The molecule has 0 atom stereocenters. The van der Waals surface area contributed by atoms with Crippen LogP contribution in [-0.4, -0.2) is 9.97 Å². The van der Waals surface area contributed by atoms with Gasteiger partial charge < -0.3 is 0 Å². The summed E-state index contributed by atoms with van der Waals surface area (Å²) in [6.45, 7) is 4.26. The minimum absolute atomic E-state index is 0.687. The second-order valence-electron chi connectivity index (χ2n) is 6.43. The Bertz CT molecular complexity index is 1170. The van der Waals surface area contributed by atoms with E-state index in [-0.39, 0.29) is 0 Å². The standard InChI is InChI=1S/C22H17N3S2/c1-14-6-7-18(15(2)8-14)19-12-27-22-20(19)21(24-13-25-22)26-11-17-5-3-4-16(9-17)10-23/h3-9,12-13H,11H2,1-2H3. The van der Waals surface area contributed by atoms with Gasteiger partial charge in [0.25, 0.3) is 0 Å². The number of thioether (sulfide) groups is 1. The molecule has 0 aliphatic heterocycles. The lowest BCUT2D eigenvalue weighted by molar-refractivity contribution is 1.11. The average molecular weight is 388 g/mol. The van der Waals surface area contributed by atoms with Crippen LogP contribution in [-0.2, 0) is 5.75 Å². The second-order valence-corrected chi connectivity index (χ2v) is 8.25. The molecule has 0 bridgehead atoms. The van der Waals surface area contributed by atoms with Crippen LogP contribution >= 0.6 is 23.1 Å². The summed E-state index contributed by atoms with van der Waals surface area (Å²) in [6.07, 6.45) is 1.64. The van der Waals surface area contributed by atoms with Gasteiger partial charge in [-0.3, -0.25) is 0 Å². The molecule has 2 aromatic carbocycles. The molecule has 0 saturated carbocycles. The van der Waals surface area contributed by atoms with Gasteiger partial charge in [0.2, 0.25) is 0 Å². The molecule has 2 heterocycles. The number of fused-ring (bicyclic) bond motifs is 1. The predicted molar refractivity (Wildman–Crippen MR) is 113 cm³/mol. The highest BCUT2D eigenvalue weighted by Gasteiger charge is 2.15. The van der Waals surface area contributed by atoms with E-state index in [0.717, 1.165) is 26.6 Å². The molecule has 0 fully saturated rings. The monoisotopic (exact) mass is 387 g/mol. The van der Waals surface area contributed by atoms with Crippen molar-refractivity contribution in [2.75, 3.05) is 0 Å². The fraction of sp³-hybridized carbons (Fsp3) is 0.136. The fourth-order valence-electron chi connectivity index (χ4n) is 3.15. The molecular formula is C22H17N3S2. The van der Waals surface area contributed by atoms with Crippen molar-refractivity contribution in [3.63, 3.8) is 0 Å². The quantitative estimate of drug-likeness (QED) is 0.312. The van der Waals surface area contributed by atoms with E-state index in [9.17, 15) is 0 Å². The van der Waals surface area contributed by atoms with Gasteiger partial charge in [0, 0.05) is 16.7 Å². The van der Waals surface area contributed by atoms with Gasteiger partial charge in [-0.2, -0.15) is 5.26 Å². The Morgan fingerprint density at radius 2 is 1.96 bits per heavy atom. The summed E-state index contributed by atoms with van der Waals surface area (Å²) in [6, 6.07) is 16.5. The first-order chi connectivity index (χ1) is 13.2. The van der Waals surface area contributed by atoms with Gasteiger partial charge in [0.15, 0.2) is 0 Å². The number of hydrogen-bond donors (Lipinski definition) is 0. The first kappa shape index (κ1) is 17.7. The summed E-state index contributed by atoms with van der Waals surface area (Å²) in [7, 11) is 0. The molecule has 0 N–H and O–H groups in total. The Morgan fingerprint density at radius 1 is 1.07 bits per heavy atom. The highest BCUT2D eigenvalue weighted by Crippen LogP contribution is 2.39. The van der Waals surface area contributed by atoms with E-state index in [1.54, 1.807) is 29.4 Å². The Hall–Kier alpha value is -2.68. The van der Waals surface area contributed by atoms with E-state index in [1.165, 1.54) is 22.3 Å². The summed E-state index contributed by atoms with van der Waals surface area (Å²) in [5, 5.41) is 13.4. The van der Waals surface area contributed by atoms with Crippen LogP contribution in [0.15, 0.2) is 59.2 Å². The van der Waals surface area contributed by atoms with E-state index in [1.807, 2.05) is 24.3 Å². The van der Waals surface area contributed by atoms with Crippen LogP contribution < -0.4 is 0 Å². The molecule has 0 aliphatic rings. The van der Waals surface area contributed by atoms with Crippen LogP contribution in [0.25, 0.3) is 21.3 Å². The van der Waals surface area contributed by atoms with Gasteiger partial charge in [-0.15, -0.1) is 23.1 Å². The largest absolute Gasteiger partial charge is 0.229 e. The third-order valence-electron chi connectivity index (χ3n) is 4.44. The van der Waals surface area contributed by atoms with Crippen molar-refractivity contribution in [1.82, 2.24) is 9.97 Å². The fourth-order valence-corrected chi connectivity index (χ4v) is 5.08. The van der Waals surface area contributed by atoms with E-state index >= 15 is 0 Å². The van der Waals surface area contributed by atoms with E-state index in [2.05, 4.69) is 53.5 Å². The highest BCUT2D eigenvalue weighted by molar-refractivity contribution is 7.98. The summed E-state index contributed by atoms with van der Waals surface area (Å²) < 4.78 is 0. The maximum Gasteiger partial charge on any atom is 0.128 e. The van der Waals surface area contributed by atoms with Crippen LogP contribution in [0.2, 0.25) is 0 Å². The average Bonchev–Trinajstić information content (AvgIpc) is 3.11. The zero-order valence-corrected chi connectivity index (χ0v) is 16.7. The molecule has 0 saturated heterocycles. The molecular weight excluding hydrogens is 370 g/mol. The summed E-state index contributed by atoms with van der Waals surface area (Å²) in [5.74, 6) is 0.768. The van der Waals surface area contributed by atoms with Crippen molar-refractivity contribution in [2.45, 2.75) is 24.6 Å². The predicted octanol–water partition coefficient (Wildman–Crippen LogP) is 6.14. The van der Waals surface area contributed by atoms with E-state index in [4.69, 9.17) is 5.26 Å². The third-order valence-corrected chi connectivity index (χ3v) is 6.39. The number of aromatic nitrogens is 2. The second kappa shape index (κ2) is 7.51. The summed E-state index contributed by atoms with van der Waals surface area (Å²) in [4.78, 5) is 10.0. The molecule has 0 amide bonds. The van der Waals surface area contributed by atoms with Crippen molar-refractivity contribution >= 4 is 33.3 Å². The molecule has 0 spiro atoms. The van der Waals surface area contributed by atoms with Gasteiger partial charge in [0.05, 0.1) is 17.0 Å². The lowest BCUT2D eigenvalue weighted by Gasteiger charge is -2.08. The maximum absolute atomic E-state index is 9.09. The van der Waals surface area contributed by atoms with Gasteiger partial charge in [-0.05, 0) is 42.7 Å². The zero-order valence-electron chi connectivity index (χ0n) is 15.1. The van der Waals surface area contributed by atoms with Crippen molar-refractivity contribution in [3.05, 3.63) is 76.4 Å². The smallest absolute Gasteiger partial charge is 0.128 e. The highest BCUT2D eigenvalue weighted by atomic mass is 32.2. The van der Waals surface area contributed by atoms with E-state index < -0.39 is 0 Å². The molecule has 2 aromatic heterocycles. The van der Waals surface area contributed by atoms with Gasteiger partial charge in [0.1, 0.15) is 16.2 Å². The number of benzene rings is 2. The number of rotatable bonds is 4. The van der Waals surface area contributed by atoms with Crippen LogP contribution in [0.1, 0.15) is 22.3 Å². The normalized spacial score (nSPS) is 10.9. The molecule has 3 nitrogen and oxygen atoms in total. The third kappa shape index (κ3) is 3.59. The Kier molecular flexibility index (Phi) is 4.93. The number of aryl methyl sites for hydroxylation is 2.